The molecule has 1 atom stereocenters. The lowest BCUT2D eigenvalue weighted by Gasteiger charge is -2.18. The molecule has 2 amide bonds. The maximum absolute atomic E-state index is 12.7. The number of amidine groups is 1. The second kappa shape index (κ2) is 8.77. The Kier molecular flexibility index (Phi) is 6.15. The number of carboxylic acid groups (broad SMARTS) is 1. The fourth-order valence-corrected chi connectivity index (χ4v) is 3.52. The molecule has 0 aromatic heterocycles. The van der Waals surface area contributed by atoms with Crippen LogP contribution in [0, 0.1) is 12.3 Å². The monoisotopic (exact) mass is 408 g/mol. The number of hydrogen-bond donors (Lipinski definition) is 4. The van der Waals surface area contributed by atoms with Crippen LogP contribution in [0.1, 0.15) is 56.3 Å². The van der Waals surface area contributed by atoms with E-state index in [1.807, 2.05) is 0 Å². The van der Waals surface area contributed by atoms with Crippen LogP contribution in [0.25, 0.3) is 0 Å². The molecule has 30 heavy (non-hydrogen) atoms. The zero-order valence-corrected chi connectivity index (χ0v) is 16.6. The van der Waals surface area contributed by atoms with Crippen LogP contribution in [0.15, 0.2) is 42.5 Å². The van der Waals surface area contributed by atoms with Gasteiger partial charge in [-0.25, -0.2) is 4.79 Å². The number of aliphatic carboxylic acids is 1. The Hall–Kier alpha value is -3.68. The van der Waals surface area contributed by atoms with Crippen molar-refractivity contribution in [3.63, 3.8) is 0 Å². The van der Waals surface area contributed by atoms with Crippen molar-refractivity contribution < 1.29 is 19.5 Å². The van der Waals surface area contributed by atoms with E-state index in [0.717, 1.165) is 25.9 Å². The van der Waals surface area contributed by atoms with Gasteiger partial charge in [0.15, 0.2) is 6.04 Å². The molecule has 2 aromatic carbocycles. The predicted octanol–water partition coefficient (Wildman–Crippen LogP) is 2.07. The van der Waals surface area contributed by atoms with E-state index in [4.69, 9.17) is 11.1 Å². The highest BCUT2D eigenvalue weighted by Gasteiger charge is 2.25. The Balaban J connectivity index is 1.80. The van der Waals surface area contributed by atoms with Crippen LogP contribution < -0.4 is 11.1 Å². The highest BCUT2D eigenvalue weighted by molar-refractivity contribution is 6.00. The van der Waals surface area contributed by atoms with Crippen molar-refractivity contribution in [3.8, 4) is 0 Å². The van der Waals surface area contributed by atoms with Gasteiger partial charge in [0.1, 0.15) is 5.84 Å². The van der Waals surface area contributed by atoms with Gasteiger partial charge >= 0.3 is 5.97 Å². The van der Waals surface area contributed by atoms with E-state index in [-0.39, 0.29) is 17.3 Å². The number of amides is 2. The van der Waals surface area contributed by atoms with Crippen LogP contribution in [0.4, 0.5) is 0 Å². The molecule has 8 nitrogen and oxygen atoms in total. The second-order valence-corrected chi connectivity index (χ2v) is 7.31. The molecule has 3 rings (SSSR count). The minimum Gasteiger partial charge on any atom is -0.479 e. The average molecular weight is 408 g/mol. The van der Waals surface area contributed by atoms with E-state index in [1.54, 1.807) is 42.2 Å². The van der Waals surface area contributed by atoms with E-state index < -0.39 is 17.9 Å². The van der Waals surface area contributed by atoms with Gasteiger partial charge in [0.05, 0.1) is 0 Å². The molecule has 5 N–H and O–H groups in total. The van der Waals surface area contributed by atoms with Crippen LogP contribution in [-0.4, -0.2) is 46.7 Å². The van der Waals surface area contributed by atoms with Gasteiger partial charge in [-0.15, -0.1) is 0 Å². The molecule has 0 bridgehead atoms. The molecule has 1 heterocycles. The molecule has 0 saturated carbocycles. The first-order chi connectivity index (χ1) is 14.3. The molecule has 0 radical (unpaired) electrons. The molecule has 2 aromatic rings. The molecule has 1 unspecified atom stereocenters. The summed E-state index contributed by atoms with van der Waals surface area (Å²) < 4.78 is 0. The van der Waals surface area contributed by atoms with Gasteiger partial charge in [-0.3, -0.25) is 15.0 Å². The second-order valence-electron chi connectivity index (χ2n) is 7.31. The molecule has 1 saturated heterocycles. The highest BCUT2D eigenvalue weighted by atomic mass is 16.4. The smallest absolute Gasteiger partial charge is 0.330 e. The lowest BCUT2D eigenvalue weighted by atomic mass is 10.0. The van der Waals surface area contributed by atoms with Crippen molar-refractivity contribution in [1.82, 2.24) is 10.2 Å². The topological polar surface area (TPSA) is 137 Å². The summed E-state index contributed by atoms with van der Waals surface area (Å²) in [6, 6.07) is 9.60. The Bertz CT molecular complexity index is 1010. The Labute approximate surface area is 174 Å². The number of likely N-dealkylation sites (tertiary alicyclic amines) is 1. The fourth-order valence-electron chi connectivity index (χ4n) is 3.52. The van der Waals surface area contributed by atoms with E-state index in [2.05, 4.69) is 5.32 Å². The van der Waals surface area contributed by atoms with Crippen LogP contribution in [0.3, 0.4) is 0 Å². The number of carbonyl (C=O) groups excluding carboxylic acids is 2. The molecule has 8 heteroatoms. The third kappa shape index (κ3) is 4.48. The van der Waals surface area contributed by atoms with Crippen molar-refractivity contribution in [2.45, 2.75) is 25.8 Å². The Morgan fingerprint density at radius 2 is 1.80 bits per heavy atom. The van der Waals surface area contributed by atoms with Crippen molar-refractivity contribution in [2.24, 2.45) is 5.73 Å². The summed E-state index contributed by atoms with van der Waals surface area (Å²) in [5.74, 6) is -2.05. The number of aryl methyl sites for hydroxylation is 1. The number of rotatable bonds is 6. The summed E-state index contributed by atoms with van der Waals surface area (Å²) in [4.78, 5) is 38.9. The zero-order chi connectivity index (χ0) is 21.8. The summed E-state index contributed by atoms with van der Waals surface area (Å²) >= 11 is 0. The third-order valence-electron chi connectivity index (χ3n) is 5.17. The minimum atomic E-state index is -1.30. The summed E-state index contributed by atoms with van der Waals surface area (Å²) in [6.45, 7) is 3.23. The summed E-state index contributed by atoms with van der Waals surface area (Å²) in [6.07, 6.45) is 1.99. The van der Waals surface area contributed by atoms with Crippen LogP contribution in [-0.2, 0) is 4.79 Å². The summed E-state index contributed by atoms with van der Waals surface area (Å²) in [5.41, 5.74) is 7.60. The van der Waals surface area contributed by atoms with Crippen LogP contribution >= 0.6 is 0 Å². The van der Waals surface area contributed by atoms with E-state index in [9.17, 15) is 19.5 Å². The number of nitrogens with one attached hydrogen (secondary N) is 2. The minimum absolute atomic E-state index is 0.0542. The molecule has 0 spiro atoms. The van der Waals surface area contributed by atoms with Crippen molar-refractivity contribution >= 4 is 23.6 Å². The number of nitrogens with two attached hydrogens (primary N) is 1. The van der Waals surface area contributed by atoms with E-state index in [1.165, 1.54) is 12.1 Å². The number of nitrogen functional groups attached to an aromatic ring is 1. The summed E-state index contributed by atoms with van der Waals surface area (Å²) in [7, 11) is 0. The number of carbonyl (C=O) groups is 3. The first kappa shape index (κ1) is 21.0. The normalized spacial score (nSPS) is 14.2. The van der Waals surface area contributed by atoms with Gasteiger partial charge < -0.3 is 21.1 Å². The van der Waals surface area contributed by atoms with Gasteiger partial charge in [0.25, 0.3) is 11.8 Å². The van der Waals surface area contributed by atoms with E-state index in [0.29, 0.717) is 22.3 Å². The maximum atomic E-state index is 12.7. The Morgan fingerprint density at radius 1 is 1.10 bits per heavy atom. The SMILES string of the molecule is Cc1cc(C(=O)NC(C(=O)O)c2cccc(C(=N)N)c2)ccc1C(=O)N1CCCC1. The predicted molar refractivity (Wildman–Crippen MR) is 112 cm³/mol. The molecule has 0 aliphatic carbocycles. The lowest BCUT2D eigenvalue weighted by molar-refractivity contribution is -0.139. The highest BCUT2D eigenvalue weighted by Crippen LogP contribution is 2.19. The molecular weight excluding hydrogens is 384 g/mol. The Morgan fingerprint density at radius 3 is 2.40 bits per heavy atom. The summed E-state index contributed by atoms with van der Waals surface area (Å²) in [5, 5.41) is 19.6. The molecule has 1 aliphatic heterocycles. The number of nitrogens with zero attached hydrogens (tertiary/aromatic N) is 1. The van der Waals surface area contributed by atoms with Crippen molar-refractivity contribution in [3.05, 3.63) is 70.3 Å². The number of hydrogen-bond acceptors (Lipinski definition) is 4. The van der Waals surface area contributed by atoms with Gasteiger partial charge in [-0.1, -0.05) is 18.2 Å². The average Bonchev–Trinajstić information content (AvgIpc) is 3.26. The number of carboxylic acids is 1. The van der Waals surface area contributed by atoms with Gasteiger partial charge in [0.2, 0.25) is 0 Å². The molecular formula is C22H24N4O4. The third-order valence-corrected chi connectivity index (χ3v) is 5.17. The fraction of sp³-hybridized carbons (Fsp3) is 0.273. The lowest BCUT2D eigenvalue weighted by Crippen LogP contribution is -2.34. The quantitative estimate of drug-likeness (QED) is 0.428. The first-order valence-corrected chi connectivity index (χ1v) is 9.66. The largest absolute Gasteiger partial charge is 0.479 e. The first-order valence-electron chi connectivity index (χ1n) is 9.66. The molecule has 1 aliphatic rings. The number of benzene rings is 2. The van der Waals surface area contributed by atoms with Gasteiger partial charge in [-0.2, -0.15) is 0 Å². The van der Waals surface area contributed by atoms with Crippen LogP contribution in [0.5, 0.6) is 0 Å². The van der Waals surface area contributed by atoms with Gasteiger partial charge in [0, 0.05) is 29.8 Å². The standard InChI is InChI=1S/C22H24N4O4/c1-13-11-16(7-8-17(13)21(28)26-9-2-3-10-26)20(27)25-18(22(29)30)14-5-4-6-15(12-14)19(23)24/h4-8,11-12,18H,2-3,9-10H2,1H3,(H3,23,24)(H,25,27)(H,29,30). The van der Waals surface area contributed by atoms with Crippen molar-refractivity contribution in [1.29, 1.82) is 5.41 Å². The van der Waals surface area contributed by atoms with Gasteiger partial charge in [-0.05, 0) is 55.2 Å². The molecule has 156 valence electrons. The van der Waals surface area contributed by atoms with E-state index >= 15 is 0 Å². The zero-order valence-electron chi connectivity index (χ0n) is 16.6. The maximum Gasteiger partial charge on any atom is 0.330 e. The molecule has 1 fully saturated rings. The van der Waals surface area contributed by atoms with Crippen molar-refractivity contribution in [2.75, 3.05) is 13.1 Å². The van der Waals surface area contributed by atoms with Crippen LogP contribution in [0.2, 0.25) is 0 Å².